The molecule has 2 fully saturated rings. The number of thioether (sulfide) groups is 1. The molecule has 2 rings (SSSR count). The Bertz CT molecular complexity index is 279. The molecule has 0 saturated carbocycles. The molecule has 0 aromatic rings. The zero-order chi connectivity index (χ0) is 11.4. The first-order valence-electron chi connectivity index (χ1n) is 5.61. The van der Waals surface area contributed by atoms with Gasteiger partial charge < -0.3 is 15.5 Å². The van der Waals surface area contributed by atoms with Crippen molar-refractivity contribution in [3.05, 3.63) is 0 Å². The van der Waals surface area contributed by atoms with E-state index in [1.54, 1.807) is 16.7 Å². The van der Waals surface area contributed by atoms with Gasteiger partial charge in [-0.2, -0.15) is 0 Å². The smallest absolute Gasteiger partial charge is 0.239 e. The Hall–Kier alpha value is -0.750. The molecule has 0 radical (unpaired) electrons. The lowest BCUT2D eigenvalue weighted by Gasteiger charge is -2.16. The van der Waals surface area contributed by atoms with Crippen LogP contribution in [0.3, 0.4) is 0 Å². The maximum atomic E-state index is 11.6. The van der Waals surface area contributed by atoms with Crippen LogP contribution < -0.4 is 10.6 Å². The lowest BCUT2D eigenvalue weighted by atomic mass is 10.2. The molecule has 2 heterocycles. The molecule has 2 saturated heterocycles. The van der Waals surface area contributed by atoms with E-state index >= 15 is 0 Å². The van der Waals surface area contributed by atoms with Crippen LogP contribution in [0.15, 0.2) is 0 Å². The molecule has 0 aromatic heterocycles. The maximum Gasteiger partial charge on any atom is 0.239 e. The molecule has 0 spiro atoms. The van der Waals surface area contributed by atoms with Crippen LogP contribution >= 0.6 is 11.8 Å². The van der Waals surface area contributed by atoms with Crippen LogP contribution in [0.25, 0.3) is 0 Å². The number of hydrogen-bond acceptors (Lipinski definition) is 4. The molecular formula is C10H17N3O2S. The van der Waals surface area contributed by atoms with Crippen molar-refractivity contribution in [3.8, 4) is 0 Å². The summed E-state index contributed by atoms with van der Waals surface area (Å²) >= 11 is 1.56. The fourth-order valence-electron chi connectivity index (χ4n) is 1.94. The lowest BCUT2D eigenvalue weighted by Crippen LogP contribution is -2.42. The summed E-state index contributed by atoms with van der Waals surface area (Å²) in [5, 5.41) is 6.18. The molecule has 1 unspecified atom stereocenters. The van der Waals surface area contributed by atoms with E-state index in [9.17, 15) is 9.59 Å². The highest BCUT2D eigenvalue weighted by Gasteiger charge is 2.23. The zero-order valence-electron chi connectivity index (χ0n) is 9.20. The van der Waals surface area contributed by atoms with Crippen LogP contribution in [0.5, 0.6) is 0 Å². The first-order valence-corrected chi connectivity index (χ1v) is 6.77. The van der Waals surface area contributed by atoms with Crippen LogP contribution in [-0.4, -0.2) is 54.0 Å². The molecule has 90 valence electrons. The van der Waals surface area contributed by atoms with E-state index in [-0.39, 0.29) is 18.4 Å². The van der Waals surface area contributed by atoms with Gasteiger partial charge >= 0.3 is 0 Å². The van der Waals surface area contributed by atoms with Crippen LogP contribution in [0.2, 0.25) is 0 Å². The second kappa shape index (κ2) is 5.54. The summed E-state index contributed by atoms with van der Waals surface area (Å²) in [7, 11) is 0. The summed E-state index contributed by atoms with van der Waals surface area (Å²) in [6.07, 6.45) is 2.31. The number of nitrogens with zero attached hydrogens (tertiary/aromatic N) is 1. The molecule has 0 aliphatic carbocycles. The average Bonchev–Trinajstić information content (AvgIpc) is 2.88. The highest BCUT2D eigenvalue weighted by Crippen LogP contribution is 2.13. The molecule has 2 amide bonds. The van der Waals surface area contributed by atoms with Gasteiger partial charge in [-0.25, -0.2) is 0 Å². The van der Waals surface area contributed by atoms with E-state index in [1.165, 1.54) is 6.42 Å². The third-order valence-electron chi connectivity index (χ3n) is 2.87. The van der Waals surface area contributed by atoms with E-state index in [4.69, 9.17) is 0 Å². The molecule has 0 bridgehead atoms. The summed E-state index contributed by atoms with van der Waals surface area (Å²) < 4.78 is 0. The molecule has 2 aliphatic heterocycles. The molecular weight excluding hydrogens is 226 g/mol. The average molecular weight is 243 g/mol. The monoisotopic (exact) mass is 243 g/mol. The fraction of sp³-hybridized carbons (Fsp3) is 0.800. The molecule has 5 nitrogen and oxygen atoms in total. The predicted octanol–water partition coefficient (Wildman–Crippen LogP) is -0.612. The highest BCUT2D eigenvalue weighted by atomic mass is 32.2. The minimum absolute atomic E-state index is 0.0513. The minimum Gasteiger partial charge on any atom is -0.353 e. The SMILES string of the molecule is O=C(CN1CSCC1=O)NCC1CCCN1. The van der Waals surface area contributed by atoms with E-state index in [0.717, 1.165) is 13.0 Å². The molecule has 1 atom stereocenters. The number of nitrogens with one attached hydrogen (secondary N) is 2. The Labute approximate surface area is 99.3 Å². The summed E-state index contributed by atoms with van der Waals surface area (Å²) in [4.78, 5) is 24.4. The minimum atomic E-state index is -0.0513. The second-order valence-corrected chi connectivity index (χ2v) is 5.12. The third-order valence-corrected chi connectivity index (χ3v) is 3.81. The van der Waals surface area contributed by atoms with Crippen molar-refractivity contribution < 1.29 is 9.59 Å². The van der Waals surface area contributed by atoms with Crippen LogP contribution in [0.4, 0.5) is 0 Å². The number of carbonyl (C=O) groups excluding carboxylic acids is 2. The summed E-state index contributed by atoms with van der Waals surface area (Å²) in [5.74, 6) is 1.18. The van der Waals surface area contributed by atoms with Crippen molar-refractivity contribution in [1.82, 2.24) is 15.5 Å². The van der Waals surface area contributed by atoms with E-state index < -0.39 is 0 Å². The fourth-order valence-corrected chi connectivity index (χ4v) is 2.84. The van der Waals surface area contributed by atoms with E-state index in [2.05, 4.69) is 10.6 Å². The Kier molecular flexibility index (Phi) is 4.06. The van der Waals surface area contributed by atoms with Gasteiger partial charge in [0.15, 0.2) is 0 Å². The van der Waals surface area contributed by atoms with Gasteiger partial charge in [-0.3, -0.25) is 9.59 Å². The predicted molar refractivity (Wildman–Crippen MR) is 63.1 cm³/mol. The third kappa shape index (κ3) is 3.12. The number of rotatable bonds is 4. The van der Waals surface area contributed by atoms with Crippen molar-refractivity contribution >= 4 is 23.6 Å². The highest BCUT2D eigenvalue weighted by molar-refractivity contribution is 8.00. The van der Waals surface area contributed by atoms with Crippen LogP contribution in [0, 0.1) is 0 Å². The van der Waals surface area contributed by atoms with Gasteiger partial charge in [-0.1, -0.05) is 0 Å². The molecule has 6 heteroatoms. The van der Waals surface area contributed by atoms with Gasteiger partial charge in [0.1, 0.15) is 6.54 Å². The van der Waals surface area contributed by atoms with Crippen molar-refractivity contribution in [1.29, 1.82) is 0 Å². The first-order chi connectivity index (χ1) is 7.75. The topological polar surface area (TPSA) is 61.4 Å². The van der Waals surface area contributed by atoms with Gasteiger partial charge in [0.25, 0.3) is 0 Å². The van der Waals surface area contributed by atoms with Gasteiger partial charge in [-0.15, -0.1) is 11.8 Å². The van der Waals surface area contributed by atoms with Crippen LogP contribution in [-0.2, 0) is 9.59 Å². The standard InChI is InChI=1S/C10H17N3O2S/c14-9(5-13-7-16-6-10(13)15)12-4-8-2-1-3-11-8/h8,11H,1-7H2,(H,12,14). The van der Waals surface area contributed by atoms with Crippen molar-refractivity contribution in [2.45, 2.75) is 18.9 Å². The van der Waals surface area contributed by atoms with Gasteiger partial charge in [0, 0.05) is 12.6 Å². The van der Waals surface area contributed by atoms with Gasteiger partial charge in [-0.05, 0) is 19.4 Å². The Morgan fingerprint density at radius 2 is 2.50 bits per heavy atom. The molecule has 2 N–H and O–H groups in total. The van der Waals surface area contributed by atoms with E-state index in [1.807, 2.05) is 0 Å². The lowest BCUT2D eigenvalue weighted by molar-refractivity contribution is -0.132. The van der Waals surface area contributed by atoms with Gasteiger partial charge in [0.05, 0.1) is 11.6 Å². The second-order valence-electron chi connectivity index (χ2n) is 4.17. The van der Waals surface area contributed by atoms with E-state index in [0.29, 0.717) is 24.2 Å². The Morgan fingerprint density at radius 1 is 1.62 bits per heavy atom. The summed E-state index contributed by atoms with van der Waals surface area (Å²) in [5.41, 5.74) is 0. The first kappa shape index (κ1) is 11.7. The van der Waals surface area contributed by atoms with Crippen molar-refractivity contribution in [2.24, 2.45) is 0 Å². The molecule has 2 aliphatic rings. The molecule has 0 aromatic carbocycles. The van der Waals surface area contributed by atoms with Crippen LogP contribution in [0.1, 0.15) is 12.8 Å². The number of carbonyl (C=O) groups is 2. The normalized spacial score (nSPS) is 25.1. The van der Waals surface area contributed by atoms with Gasteiger partial charge in [0.2, 0.25) is 11.8 Å². The summed E-state index contributed by atoms with van der Waals surface area (Å²) in [6.45, 7) is 1.92. The largest absolute Gasteiger partial charge is 0.353 e. The Balaban J connectivity index is 1.65. The Morgan fingerprint density at radius 3 is 3.12 bits per heavy atom. The number of amides is 2. The van der Waals surface area contributed by atoms with Crippen molar-refractivity contribution in [3.63, 3.8) is 0 Å². The quantitative estimate of drug-likeness (QED) is 0.691. The maximum absolute atomic E-state index is 11.6. The van der Waals surface area contributed by atoms with Crippen molar-refractivity contribution in [2.75, 3.05) is 31.3 Å². The molecule has 16 heavy (non-hydrogen) atoms. The zero-order valence-corrected chi connectivity index (χ0v) is 10.0. The number of hydrogen-bond donors (Lipinski definition) is 2. The summed E-state index contributed by atoms with van der Waals surface area (Å²) in [6, 6.07) is 0.410.